The van der Waals surface area contributed by atoms with Crippen molar-refractivity contribution >= 4 is 92.8 Å². The molecule has 0 heterocycles. The van der Waals surface area contributed by atoms with Crippen LogP contribution in [0.15, 0.2) is 0 Å². The second-order valence-corrected chi connectivity index (χ2v) is 22.9. The van der Waals surface area contributed by atoms with Gasteiger partial charge in [-0.05, 0) is 26.3 Å². The van der Waals surface area contributed by atoms with Gasteiger partial charge < -0.3 is 24.7 Å². The molecule has 0 radical (unpaired) electrons. The zero-order valence-corrected chi connectivity index (χ0v) is 31.0. The molecule has 3 unspecified atom stereocenters. The van der Waals surface area contributed by atoms with Crippen LogP contribution in [0.4, 0.5) is 0 Å². The highest BCUT2D eigenvalue weighted by atomic mass is 35.5. The molecular formula is C15H44Cl2O6Si7. The molecule has 0 aromatic rings. The van der Waals surface area contributed by atoms with Crippen molar-refractivity contribution < 1.29 is 24.7 Å². The topological polar surface area (TPSA) is 55.4 Å². The van der Waals surface area contributed by atoms with Gasteiger partial charge in [0.15, 0.2) is 9.04 Å². The molecule has 15 heteroatoms. The average Bonchev–Trinajstić information content (AvgIpc) is 2.72. The molecule has 0 rings (SSSR count). The number of rotatable bonds is 24. The molecule has 0 N–H and O–H groups in total. The molecule has 0 spiro atoms. The van der Waals surface area contributed by atoms with E-state index in [1.165, 1.54) is 57.8 Å². The highest BCUT2D eigenvalue weighted by Gasteiger charge is 2.16. The van der Waals surface area contributed by atoms with Gasteiger partial charge in [0.1, 0.15) is 10.5 Å². The van der Waals surface area contributed by atoms with Crippen LogP contribution in [0.2, 0.25) is 6.55 Å². The first-order valence-corrected chi connectivity index (χ1v) is 21.0. The van der Waals surface area contributed by atoms with Gasteiger partial charge >= 0.3 is 0 Å². The molecule has 0 amide bonds. The Morgan fingerprint density at radius 3 is 1.63 bits per heavy atom. The zero-order valence-electron chi connectivity index (χ0n) is 19.3. The fraction of sp³-hybridized carbons (Fsp3) is 1.00. The van der Waals surface area contributed by atoms with E-state index in [-0.39, 0.29) is 5.00 Å². The first-order valence-electron chi connectivity index (χ1n) is 11.3. The lowest BCUT2D eigenvalue weighted by Crippen LogP contribution is -2.30. The molecule has 0 bridgehead atoms. The van der Waals surface area contributed by atoms with E-state index in [0.717, 1.165) is 23.3 Å². The lowest BCUT2D eigenvalue weighted by atomic mass is 10.1. The van der Waals surface area contributed by atoms with Gasteiger partial charge in [0, 0.05) is 10.4 Å². The molecule has 0 aromatic carbocycles. The van der Waals surface area contributed by atoms with Gasteiger partial charge in [0.05, 0.1) is 0 Å². The summed E-state index contributed by atoms with van der Waals surface area (Å²) in [5.41, 5.74) is 0. The van der Waals surface area contributed by atoms with Crippen molar-refractivity contribution in [3.8, 4) is 0 Å². The first kappa shape index (κ1) is 31.9. The van der Waals surface area contributed by atoms with E-state index in [0.29, 0.717) is 5.38 Å². The zero-order chi connectivity index (χ0) is 22.3. The second kappa shape index (κ2) is 25.5. The summed E-state index contributed by atoms with van der Waals surface area (Å²) in [4.78, 5) is 0. The van der Waals surface area contributed by atoms with Crippen molar-refractivity contribution in [2.24, 2.45) is 0 Å². The fourth-order valence-corrected chi connectivity index (χ4v) is 15.4. The van der Waals surface area contributed by atoms with Crippen LogP contribution in [0, 0.1) is 0 Å². The third-order valence-electron chi connectivity index (χ3n) is 4.71. The van der Waals surface area contributed by atoms with Crippen molar-refractivity contribution in [3.05, 3.63) is 0 Å². The lowest BCUT2D eigenvalue weighted by molar-refractivity contribution is 0.377. The Balaban J connectivity index is 3.31. The normalized spacial score (nSPS) is 16.8. The summed E-state index contributed by atoms with van der Waals surface area (Å²) >= 11 is 12.5. The molecule has 3 atom stereocenters. The molecule has 0 aliphatic heterocycles. The van der Waals surface area contributed by atoms with Crippen LogP contribution < -0.4 is 0 Å². The Hall–Kier alpha value is 1.86. The largest absolute Gasteiger partial charge is 0.449 e. The lowest BCUT2D eigenvalue weighted by Gasteiger charge is -2.17. The summed E-state index contributed by atoms with van der Waals surface area (Å²) in [6.45, 7) is 4.27. The van der Waals surface area contributed by atoms with Crippen LogP contribution in [0.3, 0.4) is 0 Å². The Kier molecular flexibility index (Phi) is 27.1. The number of unbranched alkanes of at least 4 members (excludes halogenated alkanes) is 8. The Morgan fingerprint density at radius 2 is 1.13 bits per heavy atom. The number of alkyl halides is 2. The smallest absolute Gasteiger partial charge is 0.286 e. The van der Waals surface area contributed by atoms with Crippen LogP contribution in [-0.4, -0.2) is 79.9 Å². The summed E-state index contributed by atoms with van der Waals surface area (Å²) in [5, 5.41) is 0.543. The van der Waals surface area contributed by atoms with Gasteiger partial charge in [-0.25, -0.2) is 0 Å². The highest BCUT2D eigenvalue weighted by Crippen LogP contribution is 2.16. The van der Waals surface area contributed by atoms with Gasteiger partial charge in [0.25, 0.3) is 50.0 Å². The van der Waals surface area contributed by atoms with Crippen LogP contribution >= 0.6 is 23.2 Å². The third kappa shape index (κ3) is 24.5. The maximum absolute atomic E-state index is 6.53. The highest BCUT2D eigenvalue weighted by molar-refractivity contribution is 6.67. The van der Waals surface area contributed by atoms with Crippen molar-refractivity contribution in [1.82, 2.24) is 0 Å². The number of hydrogen-bond acceptors (Lipinski definition) is 6. The minimum absolute atomic E-state index is 0.210. The molecule has 0 aliphatic rings. The summed E-state index contributed by atoms with van der Waals surface area (Å²) < 4.78 is 32.9. The molecule has 0 saturated carbocycles. The standard InChI is InChI=1S/C15H44Cl2O6Si7/c1-14(16)12-10-8-6-4-3-5-7-9-11-13-15(17)30(2)23-29-22-28-21-27-20-26-19-25-18-24/h14-15,30H,3-13,25-29H2,1-2,24H3. The monoisotopic (exact) mass is 586 g/mol. The minimum Gasteiger partial charge on any atom is -0.449 e. The molecule has 0 fully saturated rings. The predicted molar refractivity (Wildman–Crippen MR) is 148 cm³/mol. The fourth-order valence-electron chi connectivity index (χ4n) is 2.89. The quantitative estimate of drug-likeness (QED) is 0.0885. The van der Waals surface area contributed by atoms with Crippen molar-refractivity contribution in [2.75, 3.05) is 0 Å². The maximum atomic E-state index is 6.53. The Labute approximate surface area is 211 Å². The van der Waals surface area contributed by atoms with Crippen LogP contribution in [0.5, 0.6) is 0 Å². The molecular weight excluding hydrogens is 544 g/mol. The van der Waals surface area contributed by atoms with Gasteiger partial charge in [-0.3, -0.25) is 0 Å². The predicted octanol–water partition coefficient (Wildman–Crippen LogP) is -0.221. The Bertz CT molecular complexity index is 357. The number of hydrogen-bond donors (Lipinski definition) is 0. The van der Waals surface area contributed by atoms with Gasteiger partial charge in [-0.2, -0.15) is 0 Å². The first-order chi connectivity index (χ1) is 14.6. The molecule has 0 saturated heterocycles. The van der Waals surface area contributed by atoms with Crippen LogP contribution in [0.25, 0.3) is 0 Å². The SMILES string of the molecule is CC(Cl)CCCCCCCCCCCC(Cl)[SiH](C)O[SiH2]O[SiH2]O[SiH2]O[SiH2]O[SiH2]O[SiH3]. The summed E-state index contributed by atoms with van der Waals surface area (Å²) in [7, 11) is -4.96. The molecule has 0 aliphatic carbocycles. The van der Waals surface area contributed by atoms with Crippen molar-refractivity contribution in [2.45, 2.75) is 94.5 Å². The molecule has 182 valence electrons. The molecule has 6 nitrogen and oxygen atoms in total. The van der Waals surface area contributed by atoms with Crippen LogP contribution in [0.1, 0.15) is 77.6 Å². The van der Waals surface area contributed by atoms with E-state index in [1.54, 1.807) is 0 Å². The van der Waals surface area contributed by atoms with Gasteiger partial charge in [-0.1, -0.05) is 57.8 Å². The summed E-state index contributed by atoms with van der Waals surface area (Å²) in [6.07, 6.45) is 14.1. The maximum Gasteiger partial charge on any atom is 0.286 e. The van der Waals surface area contributed by atoms with Gasteiger partial charge in [-0.15, -0.1) is 23.2 Å². The van der Waals surface area contributed by atoms with Crippen molar-refractivity contribution in [3.63, 3.8) is 0 Å². The van der Waals surface area contributed by atoms with Crippen LogP contribution in [-0.2, 0) is 24.7 Å². The summed E-state index contributed by atoms with van der Waals surface area (Å²) in [6, 6.07) is 0. The van der Waals surface area contributed by atoms with E-state index in [2.05, 4.69) is 13.5 Å². The van der Waals surface area contributed by atoms with E-state index in [4.69, 9.17) is 47.9 Å². The second-order valence-electron chi connectivity index (χ2n) is 7.62. The van der Waals surface area contributed by atoms with Gasteiger partial charge in [0.2, 0.25) is 0 Å². The van der Waals surface area contributed by atoms with E-state index >= 15 is 0 Å². The molecule has 0 aromatic heterocycles. The summed E-state index contributed by atoms with van der Waals surface area (Å²) in [5.74, 6) is 0. The van der Waals surface area contributed by atoms with Crippen molar-refractivity contribution in [1.29, 1.82) is 0 Å². The third-order valence-corrected chi connectivity index (χ3v) is 16.5. The molecule has 30 heavy (non-hydrogen) atoms. The van der Waals surface area contributed by atoms with E-state index < -0.39 is 59.1 Å². The van der Waals surface area contributed by atoms with E-state index in [9.17, 15) is 0 Å². The minimum atomic E-state index is -1.34. The van der Waals surface area contributed by atoms with E-state index in [1.807, 2.05) is 0 Å². The Morgan fingerprint density at radius 1 is 0.700 bits per heavy atom. The average molecular weight is 588 g/mol. The number of halogens is 2.